The smallest absolute Gasteiger partial charge is 0.0522 e. The topological polar surface area (TPSA) is 6.48 Å². The second-order valence-electron chi connectivity index (χ2n) is 21.7. The molecule has 0 spiro atoms. The second kappa shape index (κ2) is 25.7. The van der Waals surface area contributed by atoms with Crippen LogP contribution in [0.4, 0.5) is 34.1 Å². The third-order valence-electron chi connectivity index (χ3n) is 15.3. The van der Waals surface area contributed by atoms with E-state index in [1.807, 2.05) is 0 Å². The molecule has 10 aromatic carbocycles. The first kappa shape index (κ1) is 55.1. The zero-order chi connectivity index (χ0) is 56.2. The van der Waals surface area contributed by atoms with Crippen molar-refractivity contribution < 1.29 is 0 Å². The predicted molar refractivity (Wildman–Crippen MR) is 354 cm³/mol. The third-order valence-corrected chi connectivity index (χ3v) is 15.3. The van der Waals surface area contributed by atoms with E-state index in [0.29, 0.717) is 0 Å². The lowest BCUT2D eigenvalue weighted by Crippen LogP contribution is -2.15. The molecule has 400 valence electrons. The summed E-state index contributed by atoms with van der Waals surface area (Å²) in [6.45, 7) is 17.7. The van der Waals surface area contributed by atoms with Crippen LogP contribution in [-0.2, 0) is 19.3 Å². The van der Waals surface area contributed by atoms with Crippen molar-refractivity contribution in [2.24, 2.45) is 0 Å². The lowest BCUT2D eigenvalue weighted by Gasteiger charge is -2.30. The number of hydrogen-bond acceptors (Lipinski definition) is 2. The highest BCUT2D eigenvalue weighted by Crippen LogP contribution is 2.43. The van der Waals surface area contributed by atoms with Gasteiger partial charge in [0.05, 0.1) is 11.4 Å². The van der Waals surface area contributed by atoms with Gasteiger partial charge in [-0.25, -0.2) is 0 Å². The number of benzene rings is 10. The molecular formula is C79H74N2. The van der Waals surface area contributed by atoms with Gasteiger partial charge >= 0.3 is 0 Å². The Morgan fingerprint density at radius 1 is 0.259 bits per heavy atom. The highest BCUT2D eigenvalue weighted by molar-refractivity contribution is 5.85. The molecule has 2 heteroatoms. The van der Waals surface area contributed by atoms with E-state index >= 15 is 0 Å². The fourth-order valence-electron chi connectivity index (χ4n) is 10.7. The largest absolute Gasteiger partial charge is 0.310 e. The summed E-state index contributed by atoms with van der Waals surface area (Å²) in [5.74, 6) is 0. The summed E-state index contributed by atoms with van der Waals surface area (Å²) in [6, 6.07) is 80.5. The lowest BCUT2D eigenvalue weighted by atomic mass is 9.93. The molecule has 0 aliphatic heterocycles. The van der Waals surface area contributed by atoms with Crippen LogP contribution < -0.4 is 9.80 Å². The van der Waals surface area contributed by atoms with Gasteiger partial charge in [-0.2, -0.15) is 0 Å². The maximum absolute atomic E-state index is 2.46. The molecule has 0 heterocycles. The summed E-state index contributed by atoms with van der Waals surface area (Å²) in [6.07, 6.45) is 20.2. The number of hydrogen-bond donors (Lipinski definition) is 0. The molecule has 0 saturated heterocycles. The van der Waals surface area contributed by atoms with Crippen molar-refractivity contribution in [1.82, 2.24) is 0 Å². The van der Waals surface area contributed by atoms with Crippen molar-refractivity contribution in [2.45, 2.75) is 74.7 Å². The van der Waals surface area contributed by atoms with Crippen molar-refractivity contribution in [1.29, 1.82) is 0 Å². The lowest BCUT2D eigenvalue weighted by molar-refractivity contribution is 1.05. The van der Waals surface area contributed by atoms with E-state index in [9.17, 15) is 0 Å². The third kappa shape index (κ3) is 14.0. The van der Waals surface area contributed by atoms with Gasteiger partial charge in [0.15, 0.2) is 0 Å². The van der Waals surface area contributed by atoms with Gasteiger partial charge in [0.25, 0.3) is 0 Å². The van der Waals surface area contributed by atoms with E-state index in [-0.39, 0.29) is 0 Å². The predicted octanol–water partition coefficient (Wildman–Crippen LogP) is 21.9. The molecule has 0 saturated carbocycles. The van der Waals surface area contributed by atoms with Crippen LogP contribution in [0.1, 0.15) is 114 Å². The van der Waals surface area contributed by atoms with Gasteiger partial charge in [-0.05, 0) is 187 Å². The second-order valence-corrected chi connectivity index (χ2v) is 21.7. The van der Waals surface area contributed by atoms with Crippen LogP contribution in [0.25, 0.3) is 48.6 Å². The highest BCUT2D eigenvalue weighted by Gasteiger charge is 2.22. The first-order valence-corrected chi connectivity index (χ1v) is 28.7. The average molecular weight is 1050 g/mol. The minimum Gasteiger partial charge on any atom is -0.310 e. The summed E-state index contributed by atoms with van der Waals surface area (Å²) in [4.78, 5) is 4.92. The van der Waals surface area contributed by atoms with Gasteiger partial charge in [-0.1, -0.05) is 255 Å². The normalized spacial score (nSPS) is 11.7. The summed E-state index contributed by atoms with van der Waals surface area (Å²) >= 11 is 0. The van der Waals surface area contributed by atoms with Gasteiger partial charge < -0.3 is 9.80 Å². The van der Waals surface area contributed by atoms with E-state index in [0.717, 1.165) is 64.3 Å². The molecule has 0 N–H and O–H groups in total. The summed E-state index contributed by atoms with van der Waals surface area (Å²) in [5, 5.41) is 0. The Bertz CT molecular complexity index is 3380. The molecule has 0 radical (unpaired) electrons. The maximum Gasteiger partial charge on any atom is 0.0522 e. The van der Waals surface area contributed by atoms with E-state index in [4.69, 9.17) is 0 Å². The summed E-state index contributed by atoms with van der Waals surface area (Å²) in [7, 11) is 0. The molecule has 0 fully saturated rings. The Kier molecular flexibility index (Phi) is 17.5. The Morgan fingerprint density at radius 2 is 0.457 bits per heavy atom. The average Bonchev–Trinajstić information content (AvgIpc) is 3.55. The Labute approximate surface area is 483 Å². The molecular weight excluding hydrogens is 977 g/mol. The van der Waals surface area contributed by atoms with Crippen molar-refractivity contribution in [2.75, 3.05) is 9.80 Å². The SMILES string of the molecule is CCc1cc(Cc2cc(C)c(N(c3ccc(/C=C/c4ccc(C)cc4)cc3)c3ccc(/C=C/c4ccc(C)cc4)cc3)c(CC)c2)cc(C)c1N(c1ccc(/C=C/c2ccc(C)cc2)cc1)c1ccc(/C=C/c2ccc(C)cc2)cc1. The van der Waals surface area contributed by atoms with Crippen molar-refractivity contribution in [3.63, 3.8) is 0 Å². The molecule has 0 bridgehead atoms. The molecule has 0 unspecified atom stereocenters. The molecule has 0 aromatic heterocycles. The fraction of sp³-hybridized carbons (Fsp3) is 0.139. The van der Waals surface area contributed by atoms with E-state index in [2.05, 4.69) is 332 Å². The van der Waals surface area contributed by atoms with Crippen LogP contribution in [0.5, 0.6) is 0 Å². The monoisotopic (exact) mass is 1050 g/mol. The van der Waals surface area contributed by atoms with Crippen molar-refractivity contribution in [3.05, 3.63) is 319 Å². The molecule has 0 amide bonds. The van der Waals surface area contributed by atoms with Crippen LogP contribution >= 0.6 is 0 Å². The summed E-state index contributed by atoms with van der Waals surface area (Å²) in [5.41, 5.74) is 29.2. The first-order chi connectivity index (χ1) is 39.4. The van der Waals surface area contributed by atoms with E-state index in [1.165, 1.54) is 89.3 Å². The van der Waals surface area contributed by atoms with Gasteiger partial charge in [0.1, 0.15) is 0 Å². The van der Waals surface area contributed by atoms with Crippen LogP contribution in [0, 0.1) is 41.5 Å². The number of nitrogens with zero attached hydrogens (tertiary/aromatic N) is 2. The molecule has 10 aromatic rings. The fourth-order valence-corrected chi connectivity index (χ4v) is 10.7. The van der Waals surface area contributed by atoms with Gasteiger partial charge in [0.2, 0.25) is 0 Å². The molecule has 0 atom stereocenters. The quantitative estimate of drug-likeness (QED) is 0.0790. The van der Waals surface area contributed by atoms with E-state index in [1.54, 1.807) is 0 Å². The zero-order valence-electron chi connectivity index (χ0n) is 48.4. The minimum absolute atomic E-state index is 0.830. The molecule has 0 aliphatic rings. The van der Waals surface area contributed by atoms with Crippen LogP contribution in [-0.4, -0.2) is 0 Å². The Morgan fingerprint density at radius 3 is 0.654 bits per heavy atom. The molecule has 10 rings (SSSR count). The zero-order valence-corrected chi connectivity index (χ0v) is 48.4. The van der Waals surface area contributed by atoms with Crippen LogP contribution in [0.2, 0.25) is 0 Å². The summed E-state index contributed by atoms with van der Waals surface area (Å²) < 4.78 is 0. The first-order valence-electron chi connectivity index (χ1n) is 28.7. The van der Waals surface area contributed by atoms with Gasteiger partial charge in [0, 0.05) is 22.7 Å². The Hall–Kier alpha value is -9.24. The number of anilines is 6. The number of aryl methyl sites for hydroxylation is 8. The van der Waals surface area contributed by atoms with Crippen molar-refractivity contribution in [3.8, 4) is 0 Å². The van der Waals surface area contributed by atoms with Gasteiger partial charge in [-0.15, -0.1) is 0 Å². The van der Waals surface area contributed by atoms with Gasteiger partial charge in [-0.3, -0.25) is 0 Å². The maximum atomic E-state index is 2.46. The Balaban J connectivity index is 0.973. The minimum atomic E-state index is 0.830. The number of rotatable bonds is 18. The highest BCUT2D eigenvalue weighted by atomic mass is 15.2. The standard InChI is InChI=1S/C79H74N2/c1-9-72-54-70(51-60(7)78(72)80(74-43-35-66(36-44-74)31-27-62-19-11-56(3)12-20-62)75-45-37-67(38-46-75)32-28-63-21-13-57(4)14-22-63)53-71-52-61(8)79(73(10-2)55-71)81(76-47-39-68(40-48-76)33-29-64-23-15-58(5)16-24-64)77-49-41-69(42-50-77)34-30-65-25-17-59(6)18-26-65/h11-52,54-55H,9-10,53H2,1-8H3/b31-27+,32-28+,33-29+,34-30+. The van der Waals surface area contributed by atoms with Crippen LogP contribution in [0.15, 0.2) is 218 Å². The van der Waals surface area contributed by atoms with Crippen LogP contribution in [0.3, 0.4) is 0 Å². The molecule has 2 nitrogen and oxygen atoms in total. The molecule has 0 aliphatic carbocycles. The van der Waals surface area contributed by atoms with E-state index < -0.39 is 0 Å². The molecule has 81 heavy (non-hydrogen) atoms. The van der Waals surface area contributed by atoms with Crippen molar-refractivity contribution >= 4 is 82.7 Å².